The summed E-state index contributed by atoms with van der Waals surface area (Å²) in [6.07, 6.45) is 5.19. The van der Waals surface area contributed by atoms with E-state index in [-0.39, 0.29) is 22.7 Å². The van der Waals surface area contributed by atoms with Crippen LogP contribution in [0.3, 0.4) is 0 Å². The van der Waals surface area contributed by atoms with Gasteiger partial charge in [-0.15, -0.1) is 11.8 Å². The van der Waals surface area contributed by atoms with Crippen molar-refractivity contribution in [3.8, 4) is 5.88 Å². The fraction of sp³-hybridized carbons (Fsp3) is 0.370. The van der Waals surface area contributed by atoms with Gasteiger partial charge in [0.05, 0.1) is 11.4 Å². The van der Waals surface area contributed by atoms with E-state index in [1.165, 1.54) is 4.57 Å². The van der Waals surface area contributed by atoms with Gasteiger partial charge in [0.2, 0.25) is 5.88 Å². The molecule has 1 aliphatic carbocycles. The largest absolute Gasteiger partial charge is 0.494 e. The van der Waals surface area contributed by atoms with Crippen LogP contribution in [0.15, 0.2) is 68.0 Å². The molecule has 0 amide bonds. The number of hydrogen-bond acceptors (Lipinski definition) is 6. The molecule has 3 aromatic rings. The molecule has 0 spiro atoms. The van der Waals surface area contributed by atoms with Gasteiger partial charge in [-0.2, -0.15) is 0 Å². The van der Waals surface area contributed by atoms with Gasteiger partial charge >= 0.3 is 5.69 Å². The molecule has 1 fully saturated rings. The van der Waals surface area contributed by atoms with Crippen LogP contribution in [0.25, 0.3) is 0 Å². The lowest BCUT2D eigenvalue weighted by Crippen LogP contribution is -2.36. The first-order chi connectivity index (χ1) is 16.9. The summed E-state index contributed by atoms with van der Waals surface area (Å²) in [4.78, 5) is 36.2. The summed E-state index contributed by atoms with van der Waals surface area (Å²) in [5, 5.41) is 11.3. The van der Waals surface area contributed by atoms with E-state index in [2.05, 4.69) is 34.1 Å². The van der Waals surface area contributed by atoms with Crippen LogP contribution in [0.2, 0.25) is 0 Å². The van der Waals surface area contributed by atoms with Crippen LogP contribution in [0, 0.1) is 0 Å². The molecule has 35 heavy (non-hydrogen) atoms. The second-order valence-corrected chi connectivity index (χ2v) is 10.7. The molecule has 182 valence electrons. The molecule has 7 nitrogen and oxygen atoms in total. The molecular weight excluding hydrogens is 460 g/mol. The van der Waals surface area contributed by atoms with Crippen molar-refractivity contribution in [2.75, 3.05) is 19.0 Å². The fourth-order valence-corrected chi connectivity index (χ4v) is 6.25. The third-order valence-electron chi connectivity index (χ3n) is 6.90. The number of para-hydroxylation sites is 1. The second-order valence-electron chi connectivity index (χ2n) is 9.44. The highest BCUT2D eigenvalue weighted by Gasteiger charge is 2.29. The van der Waals surface area contributed by atoms with Crippen molar-refractivity contribution < 1.29 is 5.11 Å². The van der Waals surface area contributed by atoms with Crippen molar-refractivity contribution in [3.63, 3.8) is 0 Å². The number of H-pyrrole nitrogens is 1. The molecule has 2 aromatic carbocycles. The first-order valence-electron chi connectivity index (χ1n) is 12.1. The number of benzene rings is 2. The summed E-state index contributed by atoms with van der Waals surface area (Å²) in [5.74, 6) is -0.268. The first kappa shape index (κ1) is 23.5. The van der Waals surface area contributed by atoms with E-state index in [4.69, 9.17) is 4.99 Å². The molecule has 1 saturated carbocycles. The zero-order valence-electron chi connectivity index (χ0n) is 20.0. The fourth-order valence-electron chi connectivity index (χ4n) is 5.02. The van der Waals surface area contributed by atoms with Crippen molar-refractivity contribution in [2.45, 2.75) is 54.7 Å². The smallest absolute Gasteiger partial charge is 0.331 e. The molecule has 1 atom stereocenters. The number of aromatic nitrogens is 2. The zero-order chi connectivity index (χ0) is 24.5. The van der Waals surface area contributed by atoms with Crippen LogP contribution in [-0.4, -0.2) is 34.5 Å². The molecule has 2 N–H and O–H groups in total. The maximum absolute atomic E-state index is 13.1. The van der Waals surface area contributed by atoms with Gasteiger partial charge in [-0.25, -0.2) is 4.79 Å². The summed E-state index contributed by atoms with van der Waals surface area (Å²) in [6, 6.07) is 16.1. The van der Waals surface area contributed by atoms with Gasteiger partial charge < -0.3 is 10.0 Å². The third-order valence-corrected chi connectivity index (χ3v) is 8.22. The summed E-state index contributed by atoms with van der Waals surface area (Å²) < 4.78 is 1.38. The van der Waals surface area contributed by atoms with Crippen molar-refractivity contribution in [3.05, 3.63) is 80.5 Å². The molecule has 5 rings (SSSR count). The number of aromatic hydroxyl groups is 1. The number of nitrogens with zero attached hydrogens (tertiary/aromatic N) is 3. The minimum absolute atomic E-state index is 0.0116. The number of anilines is 1. The summed E-state index contributed by atoms with van der Waals surface area (Å²) in [6.45, 7) is 0. The van der Waals surface area contributed by atoms with Gasteiger partial charge in [0, 0.05) is 42.4 Å². The highest BCUT2D eigenvalue weighted by atomic mass is 32.2. The summed E-state index contributed by atoms with van der Waals surface area (Å²) in [7, 11) is 4.01. The normalized spacial score (nSPS) is 18.5. The van der Waals surface area contributed by atoms with Crippen LogP contribution in [0.5, 0.6) is 5.88 Å². The van der Waals surface area contributed by atoms with Crippen LogP contribution in [-0.2, 0) is 0 Å². The lowest BCUT2D eigenvalue weighted by Gasteiger charge is -2.25. The van der Waals surface area contributed by atoms with Gasteiger partial charge in [0.25, 0.3) is 5.56 Å². The number of aromatic amines is 1. The minimum Gasteiger partial charge on any atom is -0.494 e. The second kappa shape index (κ2) is 9.77. The molecule has 1 aromatic heterocycles. The monoisotopic (exact) mass is 490 g/mol. The maximum Gasteiger partial charge on any atom is 0.331 e. The number of fused-ring (bicyclic) bond motifs is 1. The average Bonchev–Trinajstić information content (AvgIpc) is 3.04. The number of rotatable bonds is 4. The van der Waals surface area contributed by atoms with Crippen molar-refractivity contribution in [1.82, 2.24) is 9.55 Å². The average molecular weight is 491 g/mol. The van der Waals surface area contributed by atoms with Crippen LogP contribution < -0.4 is 16.1 Å². The minimum atomic E-state index is -0.593. The lowest BCUT2D eigenvalue weighted by molar-refractivity contribution is 0.298. The number of nitrogens with one attached hydrogen (secondary N) is 1. The molecule has 1 aliphatic heterocycles. The van der Waals surface area contributed by atoms with E-state index in [0.29, 0.717) is 12.1 Å². The van der Waals surface area contributed by atoms with Gasteiger partial charge in [-0.05, 0) is 42.7 Å². The van der Waals surface area contributed by atoms with Crippen LogP contribution >= 0.6 is 11.8 Å². The third kappa shape index (κ3) is 4.67. The molecule has 2 aliphatic rings. The van der Waals surface area contributed by atoms with E-state index in [1.54, 1.807) is 11.8 Å². The van der Waals surface area contributed by atoms with Gasteiger partial charge in [-0.3, -0.25) is 19.3 Å². The van der Waals surface area contributed by atoms with Gasteiger partial charge in [0.1, 0.15) is 5.56 Å². The Morgan fingerprint density at radius 2 is 1.74 bits per heavy atom. The molecular formula is C27H30N4O3S. The Bertz CT molecular complexity index is 1370. The first-order valence-corrected chi connectivity index (χ1v) is 13.0. The topological polar surface area (TPSA) is 90.7 Å². The summed E-state index contributed by atoms with van der Waals surface area (Å²) in [5.41, 5.74) is 2.42. The van der Waals surface area contributed by atoms with E-state index in [1.807, 2.05) is 38.4 Å². The number of thioether (sulfide) groups is 1. The highest BCUT2D eigenvalue weighted by molar-refractivity contribution is 7.99. The quantitative estimate of drug-likeness (QED) is 0.526. The number of aliphatic imine (C=N–C) groups is 1. The lowest BCUT2D eigenvalue weighted by atomic mass is 9.95. The Balaban J connectivity index is 1.62. The van der Waals surface area contributed by atoms with Crippen molar-refractivity contribution in [1.29, 1.82) is 0 Å². The Morgan fingerprint density at radius 1 is 1.03 bits per heavy atom. The molecule has 2 heterocycles. The Morgan fingerprint density at radius 3 is 2.46 bits per heavy atom. The Kier molecular flexibility index (Phi) is 6.56. The van der Waals surface area contributed by atoms with Gasteiger partial charge in [-0.1, -0.05) is 43.5 Å². The molecule has 8 heteroatoms. The SMILES string of the molecule is CN(C)c1ccc([C@@H]2CC(c3c(O)n(C4CCCCC4)c(=O)[nH]c3=O)=Nc3ccccc3S2)cc1. The highest BCUT2D eigenvalue weighted by Crippen LogP contribution is 2.46. The van der Waals surface area contributed by atoms with E-state index >= 15 is 0 Å². The molecule has 0 radical (unpaired) electrons. The van der Waals surface area contributed by atoms with E-state index in [0.717, 1.165) is 53.9 Å². The Labute approximate surface area is 208 Å². The van der Waals surface area contributed by atoms with Crippen LogP contribution in [0.1, 0.15) is 60.9 Å². The predicted molar refractivity (Wildman–Crippen MR) is 142 cm³/mol. The van der Waals surface area contributed by atoms with E-state index < -0.39 is 11.2 Å². The van der Waals surface area contributed by atoms with Crippen LogP contribution in [0.4, 0.5) is 11.4 Å². The van der Waals surface area contributed by atoms with Crippen molar-refractivity contribution in [2.24, 2.45) is 4.99 Å². The predicted octanol–water partition coefficient (Wildman–Crippen LogP) is 5.17. The summed E-state index contributed by atoms with van der Waals surface area (Å²) >= 11 is 1.70. The van der Waals surface area contributed by atoms with Crippen molar-refractivity contribution >= 4 is 28.8 Å². The number of hydrogen-bond donors (Lipinski definition) is 2. The van der Waals surface area contributed by atoms with E-state index in [9.17, 15) is 14.7 Å². The van der Waals surface area contributed by atoms with Gasteiger partial charge in [0.15, 0.2) is 0 Å². The Hall–Kier alpha value is -3.26. The zero-order valence-corrected chi connectivity index (χ0v) is 20.8. The standard InChI is InChI=1S/C27H30N4O3S/c1-30(2)18-14-12-17(13-15-18)23-16-21(28-20-10-6-7-11-22(20)35-23)24-25(32)29-27(34)31(26(24)33)19-8-4-3-5-9-19/h6-7,10-15,19,23,33H,3-5,8-9,16H2,1-2H3,(H,29,32,34)/t23-/m0/s1. The maximum atomic E-state index is 13.1. The molecule has 0 unspecified atom stereocenters. The molecule has 0 saturated heterocycles. The molecule has 0 bridgehead atoms.